The standard InChI is InChI=1S/C27H44N7O19P3S/c1-14(35)8-15(36)9-18(38)57-7-6-29-17(37)4-5-30-25(41)22(40)27(2,3)11-50-56(47,48)53-55(45,46)49-10-16-21(52-54(42,43)44)20(39)26(51-16)34-13-33-19-23(28)31-12-32-24(19)34/h12-13,15-16,20-22,26,36,39-40H,4-11H2,1-3H3,(H,29,37)(H,30,41)(H,45,46)(H,47,48)(H2,28,31,32)(H2,42,43,44)/t15?,16-,20-,21-,22?,26-/m1/s1. The number of rotatable bonds is 23. The summed E-state index contributed by atoms with van der Waals surface area (Å²) in [5.74, 6) is -1.67. The van der Waals surface area contributed by atoms with E-state index in [9.17, 15) is 67.8 Å². The maximum absolute atomic E-state index is 12.7. The van der Waals surface area contributed by atoms with Crippen molar-refractivity contribution < 1.29 is 90.4 Å². The van der Waals surface area contributed by atoms with E-state index in [1.165, 1.54) is 20.8 Å². The fraction of sp³-hybridized carbons (Fsp3) is 0.667. The number of anilines is 1. The number of aliphatic hydroxyl groups excluding tert-OH is 3. The Morgan fingerprint density at radius 1 is 1.02 bits per heavy atom. The lowest BCUT2D eigenvalue weighted by molar-refractivity contribution is -0.137. The first-order valence-corrected chi connectivity index (χ1v) is 22.0. The van der Waals surface area contributed by atoms with Gasteiger partial charge in [0.05, 0.1) is 25.6 Å². The van der Waals surface area contributed by atoms with E-state index in [-0.39, 0.29) is 66.0 Å². The van der Waals surface area contributed by atoms with E-state index in [0.717, 1.165) is 29.0 Å². The van der Waals surface area contributed by atoms with Gasteiger partial charge in [-0.15, -0.1) is 0 Å². The predicted molar refractivity (Wildman–Crippen MR) is 193 cm³/mol. The van der Waals surface area contributed by atoms with E-state index in [0.29, 0.717) is 0 Å². The van der Waals surface area contributed by atoms with Gasteiger partial charge in [0.2, 0.25) is 11.8 Å². The Bertz CT molecular complexity index is 1900. The van der Waals surface area contributed by atoms with Crippen molar-refractivity contribution in [2.24, 2.45) is 5.41 Å². The molecule has 0 aromatic carbocycles. The van der Waals surface area contributed by atoms with Crippen LogP contribution in [0.2, 0.25) is 0 Å². The first-order chi connectivity index (χ1) is 26.3. The SMILES string of the molecule is CC(=O)CC(O)CC(=O)SCCNC(=O)CCNC(=O)C(O)C(C)(C)COP(=O)(O)OP(=O)(O)OC[C@H]1O[C@@H](n2cnc3c(N)ncnc32)[C@H](O)[C@@H]1OP(=O)(O)O. The Hall–Kier alpha value is -2.81. The second-order valence-corrected chi connectivity index (χ2v) is 18.4. The van der Waals surface area contributed by atoms with Crippen LogP contribution in [0.5, 0.6) is 0 Å². The summed E-state index contributed by atoms with van der Waals surface area (Å²) in [6, 6.07) is 0. The van der Waals surface area contributed by atoms with Gasteiger partial charge in [0.15, 0.2) is 22.8 Å². The van der Waals surface area contributed by atoms with Crippen molar-refractivity contribution in [2.75, 3.05) is 37.8 Å². The van der Waals surface area contributed by atoms with Crippen LogP contribution in [0.4, 0.5) is 5.82 Å². The van der Waals surface area contributed by atoms with Gasteiger partial charge >= 0.3 is 23.5 Å². The second-order valence-electron chi connectivity index (χ2n) is 13.1. The van der Waals surface area contributed by atoms with Crippen LogP contribution in [-0.4, -0.2) is 140 Å². The highest BCUT2D eigenvalue weighted by atomic mass is 32.2. The number of hydrogen-bond acceptors (Lipinski definition) is 20. The number of fused-ring (bicyclic) bond motifs is 1. The molecular weight excluding hydrogens is 851 g/mol. The van der Waals surface area contributed by atoms with Gasteiger partial charge in [-0.25, -0.2) is 28.6 Å². The van der Waals surface area contributed by atoms with Crippen molar-refractivity contribution in [1.82, 2.24) is 30.2 Å². The topological polar surface area (TPSA) is 401 Å². The van der Waals surface area contributed by atoms with E-state index in [2.05, 4.69) is 34.4 Å². The number of imidazole rings is 1. The zero-order chi connectivity index (χ0) is 42.9. The van der Waals surface area contributed by atoms with E-state index < -0.39 is 90.7 Å². The minimum atomic E-state index is -5.59. The molecule has 57 heavy (non-hydrogen) atoms. The van der Waals surface area contributed by atoms with Gasteiger partial charge in [0, 0.05) is 43.5 Å². The number of hydrogen-bond donors (Lipinski definition) is 10. The molecule has 1 fully saturated rings. The highest BCUT2D eigenvalue weighted by Gasteiger charge is 2.50. The Morgan fingerprint density at radius 3 is 2.33 bits per heavy atom. The molecule has 0 aliphatic carbocycles. The van der Waals surface area contributed by atoms with Gasteiger partial charge in [0.1, 0.15) is 42.0 Å². The maximum atomic E-state index is 12.7. The number of phosphoric ester groups is 3. The van der Waals surface area contributed by atoms with Crippen LogP contribution in [0.25, 0.3) is 11.2 Å². The third-order valence-corrected chi connectivity index (χ3v) is 11.7. The Morgan fingerprint density at radius 2 is 1.68 bits per heavy atom. The summed E-state index contributed by atoms with van der Waals surface area (Å²) in [6.07, 6.45) is -8.55. The van der Waals surface area contributed by atoms with Crippen molar-refractivity contribution in [3.05, 3.63) is 12.7 Å². The zero-order valence-corrected chi connectivity index (χ0v) is 33.9. The molecule has 1 aliphatic heterocycles. The Balaban J connectivity index is 1.47. The Labute approximate surface area is 327 Å². The maximum Gasteiger partial charge on any atom is 0.481 e. The summed E-state index contributed by atoms with van der Waals surface area (Å²) < 4.78 is 62.0. The van der Waals surface area contributed by atoms with E-state index in [1.54, 1.807) is 0 Å². The van der Waals surface area contributed by atoms with Gasteiger partial charge in [-0.2, -0.15) is 4.31 Å². The minimum Gasteiger partial charge on any atom is -0.392 e. The molecule has 4 unspecified atom stereocenters. The molecule has 0 saturated carbocycles. The molecule has 0 bridgehead atoms. The molecular formula is C27H44N7O19P3S. The Kier molecular flexibility index (Phi) is 17.4. The molecule has 11 N–H and O–H groups in total. The fourth-order valence-corrected chi connectivity index (χ4v) is 8.52. The summed E-state index contributed by atoms with van der Waals surface area (Å²) in [4.78, 5) is 98.3. The molecule has 2 aromatic heterocycles. The molecule has 0 spiro atoms. The molecule has 2 amide bonds. The van der Waals surface area contributed by atoms with Crippen LogP contribution in [0, 0.1) is 5.41 Å². The molecule has 2 aromatic rings. The number of nitrogen functional groups attached to an aromatic ring is 1. The number of nitrogens with one attached hydrogen (secondary N) is 2. The molecule has 3 rings (SSSR count). The molecule has 8 atom stereocenters. The highest BCUT2D eigenvalue weighted by Crippen LogP contribution is 2.61. The lowest BCUT2D eigenvalue weighted by Gasteiger charge is -2.30. The molecule has 3 heterocycles. The van der Waals surface area contributed by atoms with Crippen molar-refractivity contribution in [2.45, 2.75) is 76.8 Å². The lowest BCUT2D eigenvalue weighted by Crippen LogP contribution is -2.46. The number of phosphoric acid groups is 3. The van der Waals surface area contributed by atoms with Crippen molar-refractivity contribution in [1.29, 1.82) is 0 Å². The fourth-order valence-electron chi connectivity index (χ4n) is 4.95. The molecule has 1 aliphatic rings. The molecule has 26 nitrogen and oxygen atoms in total. The second kappa shape index (κ2) is 20.4. The first kappa shape index (κ1) is 48.6. The molecule has 30 heteroatoms. The molecule has 0 radical (unpaired) electrons. The summed E-state index contributed by atoms with van der Waals surface area (Å²) in [6.45, 7) is 1.50. The van der Waals surface area contributed by atoms with Crippen molar-refractivity contribution in [3.8, 4) is 0 Å². The number of carbonyl (C=O) groups excluding carboxylic acids is 4. The number of thioether (sulfide) groups is 1. The van der Waals surface area contributed by atoms with Crippen molar-refractivity contribution >= 4 is 74.9 Å². The van der Waals surface area contributed by atoms with Crippen molar-refractivity contribution in [3.63, 3.8) is 0 Å². The number of Topliss-reactive ketones (excluding diaryl/α,β-unsaturated/α-hetero) is 1. The average molecular weight is 896 g/mol. The molecule has 1 saturated heterocycles. The van der Waals surface area contributed by atoms with Gasteiger partial charge in [-0.3, -0.25) is 37.3 Å². The van der Waals surface area contributed by atoms with Crippen LogP contribution in [0.3, 0.4) is 0 Å². The third-order valence-electron chi connectivity index (χ3n) is 7.69. The third kappa shape index (κ3) is 15.4. The number of ketones is 1. The average Bonchev–Trinajstić information content (AvgIpc) is 3.64. The van der Waals surface area contributed by atoms with Crippen LogP contribution >= 0.6 is 35.2 Å². The van der Waals surface area contributed by atoms with Crippen LogP contribution in [0.1, 0.15) is 46.3 Å². The zero-order valence-electron chi connectivity index (χ0n) is 30.4. The number of aromatic nitrogens is 4. The normalized spacial score (nSPS) is 22.0. The smallest absolute Gasteiger partial charge is 0.392 e. The number of nitrogens with two attached hydrogens (primary N) is 1. The van der Waals surface area contributed by atoms with Gasteiger partial charge < -0.3 is 56.0 Å². The summed E-state index contributed by atoms with van der Waals surface area (Å²) in [5, 5.41) is 35.5. The van der Waals surface area contributed by atoms with Gasteiger partial charge in [0.25, 0.3) is 0 Å². The van der Waals surface area contributed by atoms with Gasteiger partial charge in [-0.1, -0.05) is 25.6 Å². The quantitative estimate of drug-likeness (QED) is 0.0443. The lowest BCUT2D eigenvalue weighted by atomic mass is 9.87. The van der Waals surface area contributed by atoms with Crippen LogP contribution < -0.4 is 16.4 Å². The van der Waals surface area contributed by atoms with Crippen LogP contribution in [0.15, 0.2) is 12.7 Å². The number of amides is 2. The predicted octanol–water partition coefficient (Wildman–Crippen LogP) is -1.61. The van der Waals surface area contributed by atoms with E-state index >= 15 is 0 Å². The van der Waals surface area contributed by atoms with Gasteiger partial charge in [-0.05, 0) is 6.92 Å². The number of carbonyl (C=O) groups is 4. The summed E-state index contributed by atoms with van der Waals surface area (Å²) >= 11 is 0.854. The largest absolute Gasteiger partial charge is 0.481 e. The number of ether oxygens (including phenoxy) is 1. The number of aliphatic hydroxyl groups is 3. The summed E-state index contributed by atoms with van der Waals surface area (Å²) in [7, 11) is -16.4. The highest BCUT2D eigenvalue weighted by molar-refractivity contribution is 8.13. The summed E-state index contributed by atoms with van der Waals surface area (Å²) in [5.41, 5.74) is 4.20. The van der Waals surface area contributed by atoms with E-state index in [1.807, 2.05) is 0 Å². The minimum absolute atomic E-state index is 0.0198. The number of nitrogens with zero attached hydrogens (tertiary/aromatic N) is 4. The first-order valence-electron chi connectivity index (χ1n) is 16.5. The monoisotopic (exact) mass is 895 g/mol. The van der Waals surface area contributed by atoms with E-state index in [4.69, 9.17) is 19.5 Å². The van der Waals surface area contributed by atoms with Crippen LogP contribution in [-0.2, 0) is 55.5 Å². The molecule has 322 valence electrons.